The van der Waals surface area contributed by atoms with Crippen molar-refractivity contribution < 1.29 is 12.8 Å². The van der Waals surface area contributed by atoms with Gasteiger partial charge in [0.25, 0.3) is 0 Å². The van der Waals surface area contributed by atoms with Gasteiger partial charge in [-0.3, -0.25) is 4.90 Å². The van der Waals surface area contributed by atoms with Crippen LogP contribution in [0.25, 0.3) is 0 Å². The van der Waals surface area contributed by atoms with E-state index in [2.05, 4.69) is 9.80 Å². The molecule has 0 radical (unpaired) electrons. The first-order valence-electron chi connectivity index (χ1n) is 8.44. The Morgan fingerprint density at radius 3 is 2.35 bits per heavy atom. The third kappa shape index (κ3) is 4.52. The van der Waals surface area contributed by atoms with E-state index in [-0.39, 0.29) is 5.82 Å². The Hall–Kier alpha value is -0.980. The van der Waals surface area contributed by atoms with Gasteiger partial charge in [0.15, 0.2) is 9.84 Å². The second kappa shape index (κ2) is 7.28. The van der Waals surface area contributed by atoms with Crippen LogP contribution in [0.15, 0.2) is 24.3 Å². The van der Waals surface area contributed by atoms with Crippen LogP contribution in [0, 0.1) is 5.82 Å². The number of likely N-dealkylation sites (tertiary alicyclic amines) is 1. The molecule has 4 nitrogen and oxygen atoms in total. The first kappa shape index (κ1) is 16.9. The molecule has 0 N–H and O–H groups in total. The van der Waals surface area contributed by atoms with Crippen molar-refractivity contribution in [3.05, 3.63) is 35.6 Å². The van der Waals surface area contributed by atoms with Crippen molar-refractivity contribution in [2.24, 2.45) is 0 Å². The minimum absolute atomic E-state index is 0.114. The van der Waals surface area contributed by atoms with Gasteiger partial charge in [0.1, 0.15) is 5.82 Å². The number of sulfone groups is 1. The molecule has 0 unspecified atom stereocenters. The Bertz CT molecular complexity index is 613. The third-order valence-electron chi connectivity index (χ3n) is 5.11. The van der Waals surface area contributed by atoms with Crippen LogP contribution in [0.5, 0.6) is 0 Å². The molecule has 2 fully saturated rings. The molecule has 0 saturated carbocycles. The zero-order chi connectivity index (χ0) is 16.3. The van der Waals surface area contributed by atoms with E-state index in [1.165, 1.54) is 6.07 Å². The van der Waals surface area contributed by atoms with Crippen molar-refractivity contribution in [3.63, 3.8) is 0 Å². The number of halogens is 1. The normalized spacial score (nSPS) is 23.9. The second-order valence-electron chi connectivity index (χ2n) is 6.60. The molecule has 2 aliphatic heterocycles. The number of nitrogens with zero attached hydrogens (tertiary/aromatic N) is 2. The molecular formula is C17H25FN2O2S. The van der Waals surface area contributed by atoms with Crippen LogP contribution >= 0.6 is 0 Å². The lowest BCUT2D eigenvalue weighted by Crippen LogP contribution is -2.50. The third-order valence-corrected chi connectivity index (χ3v) is 6.72. The molecule has 2 saturated heterocycles. The van der Waals surface area contributed by atoms with E-state index in [0.29, 0.717) is 30.6 Å². The number of piperidine rings is 1. The number of hydrogen-bond donors (Lipinski definition) is 0. The lowest BCUT2D eigenvalue weighted by molar-refractivity contribution is 0.115. The maximum atomic E-state index is 13.6. The molecule has 3 rings (SSSR count). The Labute approximate surface area is 138 Å². The summed E-state index contributed by atoms with van der Waals surface area (Å²) in [6.45, 7) is 4.29. The maximum Gasteiger partial charge on any atom is 0.152 e. The van der Waals surface area contributed by atoms with Crippen molar-refractivity contribution in [2.75, 3.05) is 44.2 Å². The van der Waals surface area contributed by atoms with Crippen LogP contribution in [-0.2, 0) is 16.3 Å². The molecule has 128 valence electrons. The van der Waals surface area contributed by atoms with Gasteiger partial charge in [0.05, 0.1) is 11.5 Å². The summed E-state index contributed by atoms with van der Waals surface area (Å²) in [6.07, 6.45) is 2.91. The van der Waals surface area contributed by atoms with E-state index in [0.717, 1.165) is 44.5 Å². The summed E-state index contributed by atoms with van der Waals surface area (Å²) < 4.78 is 36.7. The van der Waals surface area contributed by atoms with E-state index in [4.69, 9.17) is 0 Å². The fourth-order valence-corrected chi connectivity index (χ4v) is 4.81. The monoisotopic (exact) mass is 340 g/mol. The fourth-order valence-electron chi connectivity index (χ4n) is 3.58. The summed E-state index contributed by atoms with van der Waals surface area (Å²) >= 11 is 0. The van der Waals surface area contributed by atoms with Gasteiger partial charge in [0, 0.05) is 25.7 Å². The zero-order valence-corrected chi connectivity index (χ0v) is 14.3. The molecule has 0 aliphatic carbocycles. The van der Waals surface area contributed by atoms with Gasteiger partial charge >= 0.3 is 0 Å². The van der Waals surface area contributed by atoms with Crippen LogP contribution in [0.1, 0.15) is 18.4 Å². The summed E-state index contributed by atoms with van der Waals surface area (Å²) in [5.74, 6) is 0.498. The van der Waals surface area contributed by atoms with Gasteiger partial charge in [-0.25, -0.2) is 12.8 Å². The molecule has 0 bridgehead atoms. The summed E-state index contributed by atoms with van der Waals surface area (Å²) in [5, 5.41) is 0. The van der Waals surface area contributed by atoms with Crippen molar-refractivity contribution >= 4 is 9.84 Å². The van der Waals surface area contributed by atoms with Crippen LogP contribution < -0.4 is 0 Å². The van der Waals surface area contributed by atoms with Crippen LogP contribution in [-0.4, -0.2) is 68.5 Å². The van der Waals surface area contributed by atoms with Gasteiger partial charge in [-0.1, -0.05) is 18.2 Å². The number of benzene rings is 1. The SMILES string of the molecule is O=S1(=O)CCN(C2CCN(CCc3ccccc3F)CC2)CC1. The van der Waals surface area contributed by atoms with Gasteiger partial charge in [-0.15, -0.1) is 0 Å². The van der Waals surface area contributed by atoms with E-state index in [1.54, 1.807) is 6.07 Å². The Morgan fingerprint density at radius 2 is 1.70 bits per heavy atom. The van der Waals surface area contributed by atoms with Crippen molar-refractivity contribution in [1.29, 1.82) is 0 Å². The first-order chi connectivity index (χ1) is 11.0. The van der Waals surface area contributed by atoms with Crippen molar-refractivity contribution in [2.45, 2.75) is 25.3 Å². The summed E-state index contributed by atoms with van der Waals surface area (Å²) in [7, 11) is -2.80. The van der Waals surface area contributed by atoms with Crippen molar-refractivity contribution in [1.82, 2.24) is 9.80 Å². The molecule has 0 aromatic heterocycles. The lowest BCUT2D eigenvalue weighted by Gasteiger charge is -2.40. The molecule has 0 atom stereocenters. The van der Waals surface area contributed by atoms with Crippen LogP contribution in [0.2, 0.25) is 0 Å². The van der Waals surface area contributed by atoms with Gasteiger partial charge < -0.3 is 4.90 Å². The van der Waals surface area contributed by atoms with Crippen molar-refractivity contribution in [3.8, 4) is 0 Å². The predicted molar refractivity (Wildman–Crippen MR) is 89.8 cm³/mol. The first-order valence-corrected chi connectivity index (χ1v) is 10.3. The van der Waals surface area contributed by atoms with Gasteiger partial charge in [0.2, 0.25) is 0 Å². The van der Waals surface area contributed by atoms with E-state index in [1.807, 2.05) is 12.1 Å². The molecule has 2 aliphatic rings. The van der Waals surface area contributed by atoms with Crippen LogP contribution in [0.4, 0.5) is 4.39 Å². The predicted octanol–water partition coefficient (Wildman–Crippen LogP) is 1.56. The second-order valence-corrected chi connectivity index (χ2v) is 8.91. The maximum absolute atomic E-state index is 13.6. The van der Waals surface area contributed by atoms with E-state index >= 15 is 0 Å². The molecule has 6 heteroatoms. The zero-order valence-electron chi connectivity index (χ0n) is 13.5. The molecule has 0 spiro atoms. The molecular weight excluding hydrogens is 315 g/mol. The van der Waals surface area contributed by atoms with E-state index in [9.17, 15) is 12.8 Å². The highest BCUT2D eigenvalue weighted by Gasteiger charge is 2.29. The average Bonchev–Trinajstić information content (AvgIpc) is 2.55. The average molecular weight is 340 g/mol. The Balaban J connectivity index is 1.43. The molecule has 2 heterocycles. The highest BCUT2D eigenvalue weighted by Crippen LogP contribution is 2.19. The largest absolute Gasteiger partial charge is 0.303 e. The molecule has 23 heavy (non-hydrogen) atoms. The number of hydrogen-bond acceptors (Lipinski definition) is 4. The standard InChI is InChI=1S/C17H25FN2O2S/c18-17-4-2-1-3-15(17)5-8-19-9-6-16(7-10-19)20-11-13-23(21,22)14-12-20/h1-4,16H,5-14H2. The smallest absolute Gasteiger partial charge is 0.152 e. The van der Waals surface area contributed by atoms with Gasteiger partial charge in [-0.2, -0.15) is 0 Å². The Morgan fingerprint density at radius 1 is 1.04 bits per heavy atom. The summed E-state index contributed by atoms with van der Waals surface area (Å²) in [4.78, 5) is 4.74. The lowest BCUT2D eigenvalue weighted by atomic mass is 10.0. The quantitative estimate of drug-likeness (QED) is 0.834. The number of rotatable bonds is 4. The van der Waals surface area contributed by atoms with Gasteiger partial charge in [-0.05, 0) is 44.0 Å². The minimum atomic E-state index is -2.80. The van der Waals surface area contributed by atoms with E-state index < -0.39 is 9.84 Å². The summed E-state index contributed by atoms with van der Waals surface area (Å²) in [6, 6.07) is 7.50. The topological polar surface area (TPSA) is 40.6 Å². The Kier molecular flexibility index (Phi) is 5.34. The van der Waals surface area contributed by atoms with Crippen LogP contribution in [0.3, 0.4) is 0 Å². The molecule has 1 aromatic carbocycles. The highest BCUT2D eigenvalue weighted by molar-refractivity contribution is 7.91. The fraction of sp³-hybridized carbons (Fsp3) is 0.647. The summed E-state index contributed by atoms with van der Waals surface area (Å²) in [5.41, 5.74) is 0.788. The minimum Gasteiger partial charge on any atom is -0.303 e. The highest BCUT2D eigenvalue weighted by atomic mass is 32.2. The molecule has 1 aromatic rings. The molecule has 0 amide bonds.